The van der Waals surface area contributed by atoms with Crippen LogP contribution >= 0.6 is 0 Å². The van der Waals surface area contributed by atoms with Crippen LogP contribution in [-0.2, 0) is 4.79 Å². The lowest BCUT2D eigenvalue weighted by Gasteiger charge is -2.15. The van der Waals surface area contributed by atoms with Crippen LogP contribution in [0, 0.1) is 27.2 Å². The topological polar surface area (TPSA) is 152 Å². The number of carbonyl (C=O) groups excluding carboxylic acids is 1. The van der Waals surface area contributed by atoms with Crippen molar-refractivity contribution >= 4 is 23.1 Å². The number of aromatic nitrogens is 2. The lowest BCUT2D eigenvalue weighted by molar-refractivity contribution is -0.389. The summed E-state index contributed by atoms with van der Waals surface area (Å²) >= 11 is 0. The molecular weight excluding hydrogens is 434 g/mol. The molecule has 172 valence electrons. The third kappa shape index (κ3) is 5.42. The molecule has 0 aliphatic carbocycles. The summed E-state index contributed by atoms with van der Waals surface area (Å²) in [5.41, 5.74) is 0.289. The van der Waals surface area contributed by atoms with Gasteiger partial charge in [0.25, 0.3) is 11.6 Å². The number of amides is 1. The lowest BCUT2D eigenvalue weighted by Crippen LogP contribution is -2.27. The molecule has 1 aromatic heterocycles. The SMILES string of the molecule is CCC(C(=O)Nc1cc(Oc2ccc(OC)cc2)cc([N+](=O)[O-])c1)n1nc([N+](=O)[O-])cc1C. The van der Waals surface area contributed by atoms with Gasteiger partial charge in [0.05, 0.1) is 40.6 Å². The maximum absolute atomic E-state index is 12.9. The fraction of sp³-hybridized carbons (Fsp3) is 0.238. The molecule has 0 radical (unpaired) electrons. The monoisotopic (exact) mass is 455 g/mol. The molecular formula is C21H21N5O7. The van der Waals surface area contributed by atoms with Gasteiger partial charge in [0, 0.05) is 12.1 Å². The molecule has 3 rings (SSSR count). The molecule has 1 heterocycles. The standard InChI is InChI=1S/C21H21N5O7/c1-4-19(24-13(2)9-20(23-24)26(30)31)21(27)22-14-10-15(25(28)29)12-18(11-14)33-17-7-5-16(32-3)6-8-17/h5-12,19H,4H2,1-3H3,(H,22,27). The normalized spacial score (nSPS) is 11.5. The molecule has 12 nitrogen and oxygen atoms in total. The van der Waals surface area contributed by atoms with E-state index in [0.29, 0.717) is 17.2 Å². The summed E-state index contributed by atoms with van der Waals surface area (Å²) in [7, 11) is 1.53. The quantitative estimate of drug-likeness (QED) is 0.368. The summed E-state index contributed by atoms with van der Waals surface area (Å²) in [6, 6.07) is 10.9. The van der Waals surface area contributed by atoms with E-state index in [2.05, 4.69) is 10.4 Å². The summed E-state index contributed by atoms with van der Waals surface area (Å²) in [5.74, 6) is 0.274. The number of nitro benzene ring substituents is 1. The summed E-state index contributed by atoms with van der Waals surface area (Å²) in [6.45, 7) is 3.33. The zero-order valence-electron chi connectivity index (χ0n) is 18.0. The van der Waals surface area contributed by atoms with Gasteiger partial charge in [0.1, 0.15) is 17.2 Å². The minimum Gasteiger partial charge on any atom is -0.497 e. The molecule has 0 fully saturated rings. The van der Waals surface area contributed by atoms with Gasteiger partial charge in [-0.05, 0) is 42.5 Å². The van der Waals surface area contributed by atoms with E-state index in [1.807, 2.05) is 0 Å². The first kappa shape index (κ1) is 23.2. The van der Waals surface area contributed by atoms with Gasteiger partial charge in [-0.3, -0.25) is 14.9 Å². The van der Waals surface area contributed by atoms with Crippen molar-refractivity contribution in [2.75, 3.05) is 12.4 Å². The molecule has 0 saturated heterocycles. The zero-order valence-corrected chi connectivity index (χ0v) is 18.0. The number of non-ortho nitro benzene ring substituents is 1. The molecule has 0 aliphatic rings. The van der Waals surface area contributed by atoms with Crippen molar-refractivity contribution in [2.45, 2.75) is 26.3 Å². The Morgan fingerprint density at radius 2 is 1.73 bits per heavy atom. The third-order valence-corrected chi connectivity index (χ3v) is 4.75. The van der Waals surface area contributed by atoms with Gasteiger partial charge < -0.3 is 24.9 Å². The Balaban J connectivity index is 1.87. The molecule has 0 spiro atoms. The first-order chi connectivity index (χ1) is 15.7. The average Bonchev–Trinajstić information content (AvgIpc) is 3.16. The van der Waals surface area contributed by atoms with Gasteiger partial charge in [-0.2, -0.15) is 4.68 Å². The number of aryl methyl sites for hydroxylation is 1. The summed E-state index contributed by atoms with van der Waals surface area (Å²) in [4.78, 5) is 34.1. The van der Waals surface area contributed by atoms with E-state index in [0.717, 1.165) is 0 Å². The Bertz CT molecular complexity index is 1190. The number of carbonyl (C=O) groups is 1. The van der Waals surface area contributed by atoms with Crippen LogP contribution < -0.4 is 14.8 Å². The number of nitrogens with zero attached hydrogens (tertiary/aromatic N) is 4. The smallest absolute Gasteiger partial charge is 0.390 e. The van der Waals surface area contributed by atoms with Gasteiger partial charge in [-0.1, -0.05) is 6.92 Å². The molecule has 0 saturated carbocycles. The molecule has 33 heavy (non-hydrogen) atoms. The van der Waals surface area contributed by atoms with Gasteiger partial charge in [0.2, 0.25) is 0 Å². The predicted molar refractivity (Wildman–Crippen MR) is 118 cm³/mol. The second kappa shape index (κ2) is 9.77. The van der Waals surface area contributed by atoms with Crippen molar-refractivity contribution in [3.05, 3.63) is 74.5 Å². The number of nitro groups is 2. The average molecular weight is 455 g/mol. The van der Waals surface area contributed by atoms with Crippen molar-refractivity contribution in [2.24, 2.45) is 0 Å². The lowest BCUT2D eigenvalue weighted by atomic mass is 10.2. The summed E-state index contributed by atoms with van der Waals surface area (Å²) < 4.78 is 12.1. The first-order valence-electron chi connectivity index (χ1n) is 9.84. The Labute approximate surface area is 188 Å². The van der Waals surface area contributed by atoms with Crippen molar-refractivity contribution in [1.29, 1.82) is 0 Å². The molecule has 1 unspecified atom stereocenters. The minimum atomic E-state index is -0.857. The van der Waals surface area contributed by atoms with Crippen LogP contribution in [0.2, 0.25) is 0 Å². The van der Waals surface area contributed by atoms with E-state index in [4.69, 9.17) is 9.47 Å². The van der Waals surface area contributed by atoms with Gasteiger partial charge in [-0.25, -0.2) is 0 Å². The fourth-order valence-corrected chi connectivity index (χ4v) is 3.17. The summed E-state index contributed by atoms with van der Waals surface area (Å²) in [6.07, 6.45) is 0.287. The fourth-order valence-electron chi connectivity index (χ4n) is 3.17. The molecule has 1 atom stereocenters. The maximum Gasteiger partial charge on any atom is 0.390 e. The van der Waals surface area contributed by atoms with Crippen molar-refractivity contribution in [3.63, 3.8) is 0 Å². The second-order valence-electron chi connectivity index (χ2n) is 7.01. The van der Waals surface area contributed by atoms with Crippen LogP contribution in [0.1, 0.15) is 25.1 Å². The Hall–Kier alpha value is -4.48. The number of nitrogens with one attached hydrogen (secondary N) is 1. The minimum absolute atomic E-state index is 0.135. The highest BCUT2D eigenvalue weighted by Crippen LogP contribution is 2.31. The molecule has 0 bridgehead atoms. The molecule has 0 aliphatic heterocycles. The van der Waals surface area contributed by atoms with Crippen molar-refractivity contribution < 1.29 is 24.1 Å². The number of hydrogen-bond acceptors (Lipinski definition) is 8. The Morgan fingerprint density at radius 1 is 1.06 bits per heavy atom. The second-order valence-corrected chi connectivity index (χ2v) is 7.01. The van der Waals surface area contributed by atoms with E-state index >= 15 is 0 Å². The number of ether oxygens (including phenoxy) is 2. The van der Waals surface area contributed by atoms with E-state index < -0.39 is 21.8 Å². The Morgan fingerprint density at radius 3 is 2.27 bits per heavy atom. The van der Waals surface area contributed by atoms with Crippen LogP contribution in [0.25, 0.3) is 0 Å². The van der Waals surface area contributed by atoms with E-state index in [1.54, 1.807) is 38.1 Å². The van der Waals surface area contributed by atoms with Crippen LogP contribution in [0.15, 0.2) is 48.5 Å². The number of rotatable bonds is 9. The van der Waals surface area contributed by atoms with Gasteiger partial charge in [0.15, 0.2) is 6.04 Å². The predicted octanol–water partition coefficient (Wildman–Crippen LogP) is 4.40. The number of hydrogen-bond donors (Lipinski definition) is 1. The molecule has 1 N–H and O–H groups in total. The van der Waals surface area contributed by atoms with Gasteiger partial charge >= 0.3 is 5.82 Å². The van der Waals surface area contributed by atoms with Crippen LogP contribution in [0.5, 0.6) is 17.2 Å². The highest BCUT2D eigenvalue weighted by atomic mass is 16.6. The highest BCUT2D eigenvalue weighted by Gasteiger charge is 2.27. The molecule has 2 aromatic carbocycles. The van der Waals surface area contributed by atoms with E-state index in [1.165, 1.54) is 36.1 Å². The third-order valence-electron chi connectivity index (χ3n) is 4.75. The number of benzene rings is 2. The number of methoxy groups -OCH3 is 1. The highest BCUT2D eigenvalue weighted by molar-refractivity contribution is 5.94. The van der Waals surface area contributed by atoms with Crippen LogP contribution in [0.4, 0.5) is 17.2 Å². The molecule has 12 heteroatoms. The maximum atomic E-state index is 12.9. The first-order valence-corrected chi connectivity index (χ1v) is 9.84. The van der Waals surface area contributed by atoms with E-state index in [-0.39, 0.29) is 29.4 Å². The van der Waals surface area contributed by atoms with Gasteiger partial charge in [-0.15, -0.1) is 0 Å². The van der Waals surface area contributed by atoms with Crippen molar-refractivity contribution in [3.8, 4) is 17.2 Å². The van der Waals surface area contributed by atoms with Crippen LogP contribution in [-0.4, -0.2) is 32.6 Å². The number of anilines is 1. The molecule has 1 amide bonds. The van der Waals surface area contributed by atoms with Crippen molar-refractivity contribution in [1.82, 2.24) is 9.78 Å². The van der Waals surface area contributed by atoms with E-state index in [9.17, 15) is 25.0 Å². The molecule has 3 aromatic rings. The van der Waals surface area contributed by atoms with Crippen LogP contribution in [0.3, 0.4) is 0 Å². The zero-order chi connectivity index (χ0) is 24.1. The largest absolute Gasteiger partial charge is 0.497 e. The summed E-state index contributed by atoms with van der Waals surface area (Å²) in [5, 5.41) is 28.9. The Kier molecular flexibility index (Phi) is 6.86.